The number of aliphatic hydroxyl groups is 1. The molecule has 1 aromatic rings. The van der Waals surface area contributed by atoms with Gasteiger partial charge in [-0.3, -0.25) is 4.79 Å². The lowest BCUT2D eigenvalue weighted by molar-refractivity contribution is 0.0767. The largest absolute Gasteiger partial charge is 0.490 e. The van der Waals surface area contributed by atoms with Gasteiger partial charge in [0.1, 0.15) is 12.4 Å². The first kappa shape index (κ1) is 13.3. The lowest BCUT2D eigenvalue weighted by Crippen LogP contribution is -2.29. The lowest BCUT2D eigenvalue weighted by Gasteiger charge is -2.15. The Labute approximate surface area is 101 Å². The number of carbonyl (C=O) groups excluding carboxylic acids is 1. The number of ether oxygens (including phenoxy) is 1. The first-order valence-electron chi connectivity index (χ1n) is 5.39. The molecule has 1 aromatic carbocycles. The molecule has 0 saturated heterocycles. The average molecular weight is 235 g/mol. The summed E-state index contributed by atoms with van der Waals surface area (Å²) < 4.78 is 5.31. The van der Waals surface area contributed by atoms with E-state index >= 15 is 0 Å². The summed E-state index contributed by atoms with van der Waals surface area (Å²) in [6.45, 7) is 4.29. The minimum Gasteiger partial charge on any atom is -0.490 e. The van der Waals surface area contributed by atoms with Crippen molar-refractivity contribution in [2.45, 2.75) is 0 Å². The van der Waals surface area contributed by atoms with Gasteiger partial charge in [0.2, 0.25) is 0 Å². The van der Waals surface area contributed by atoms with Gasteiger partial charge in [-0.05, 0) is 24.3 Å². The highest BCUT2D eigenvalue weighted by Crippen LogP contribution is 2.13. The molecule has 0 unspecified atom stereocenters. The Morgan fingerprint density at radius 1 is 1.47 bits per heavy atom. The normalized spacial score (nSPS) is 9.76. The molecule has 1 rings (SSSR count). The molecule has 0 aliphatic heterocycles. The maximum atomic E-state index is 11.8. The van der Waals surface area contributed by atoms with Crippen LogP contribution < -0.4 is 4.74 Å². The summed E-state index contributed by atoms with van der Waals surface area (Å²) in [6, 6.07) is 6.89. The topological polar surface area (TPSA) is 49.8 Å². The van der Waals surface area contributed by atoms with E-state index < -0.39 is 0 Å². The number of hydrogen-bond acceptors (Lipinski definition) is 3. The molecule has 0 bridgehead atoms. The summed E-state index contributed by atoms with van der Waals surface area (Å²) in [7, 11) is 1.65. The fourth-order valence-corrected chi connectivity index (χ4v) is 1.32. The predicted octanol–water partition coefficient (Wildman–Crippen LogP) is 1.32. The fraction of sp³-hybridized carbons (Fsp3) is 0.308. The first-order chi connectivity index (χ1) is 8.19. The molecule has 1 N–H and O–H groups in total. The van der Waals surface area contributed by atoms with Crippen LogP contribution in [0.1, 0.15) is 10.4 Å². The molecule has 4 heteroatoms. The van der Waals surface area contributed by atoms with Gasteiger partial charge >= 0.3 is 0 Å². The quantitative estimate of drug-likeness (QED) is 0.756. The summed E-state index contributed by atoms with van der Waals surface area (Å²) in [4.78, 5) is 13.3. The number of likely N-dealkylation sites (N-methyl/N-ethyl adjacent to an activating group) is 1. The summed E-state index contributed by atoms with van der Waals surface area (Å²) in [5.41, 5.74) is 0.576. The van der Waals surface area contributed by atoms with Crippen LogP contribution in [0.4, 0.5) is 0 Å². The van der Waals surface area contributed by atoms with Crippen LogP contribution in [0, 0.1) is 0 Å². The Kier molecular flexibility index (Phi) is 5.23. The monoisotopic (exact) mass is 235 g/mol. The van der Waals surface area contributed by atoms with Gasteiger partial charge < -0.3 is 14.7 Å². The third-order valence-electron chi connectivity index (χ3n) is 2.25. The van der Waals surface area contributed by atoms with Gasteiger partial charge in [0.15, 0.2) is 0 Å². The van der Waals surface area contributed by atoms with Crippen LogP contribution in [0.25, 0.3) is 0 Å². The molecule has 1 amide bonds. The van der Waals surface area contributed by atoms with Crippen molar-refractivity contribution in [3.8, 4) is 5.75 Å². The van der Waals surface area contributed by atoms with E-state index in [1.807, 2.05) is 0 Å². The average Bonchev–Trinajstić information content (AvgIpc) is 2.36. The van der Waals surface area contributed by atoms with Gasteiger partial charge in [-0.1, -0.05) is 12.7 Å². The Hall–Kier alpha value is -1.81. The van der Waals surface area contributed by atoms with Crippen LogP contribution in [-0.2, 0) is 0 Å². The van der Waals surface area contributed by atoms with Crippen molar-refractivity contribution in [1.29, 1.82) is 0 Å². The van der Waals surface area contributed by atoms with Crippen molar-refractivity contribution < 1.29 is 14.6 Å². The summed E-state index contributed by atoms with van der Waals surface area (Å²) >= 11 is 0. The first-order valence-corrected chi connectivity index (χ1v) is 5.39. The van der Waals surface area contributed by atoms with Crippen LogP contribution in [0.3, 0.4) is 0 Å². The molecule has 0 spiro atoms. The maximum Gasteiger partial charge on any atom is 0.253 e. The Morgan fingerprint density at radius 2 is 2.12 bits per heavy atom. The highest BCUT2D eigenvalue weighted by molar-refractivity contribution is 5.94. The van der Waals surface area contributed by atoms with Crippen molar-refractivity contribution in [3.05, 3.63) is 42.5 Å². The summed E-state index contributed by atoms with van der Waals surface area (Å²) in [5, 5.41) is 8.75. The Balaban J connectivity index is 2.66. The Morgan fingerprint density at radius 3 is 2.65 bits per heavy atom. The molecule has 0 radical (unpaired) electrons. The minimum atomic E-state index is -0.116. The molecule has 0 fully saturated rings. The standard InChI is InChI=1S/C13H17NO3/c1-3-10-17-12-6-4-11(5-7-12)13(16)14(2)8-9-15/h3-7,15H,1,8-10H2,2H3. The lowest BCUT2D eigenvalue weighted by atomic mass is 10.2. The zero-order chi connectivity index (χ0) is 12.7. The van der Waals surface area contributed by atoms with E-state index in [1.54, 1.807) is 37.4 Å². The third kappa shape index (κ3) is 3.92. The predicted molar refractivity (Wildman–Crippen MR) is 66.2 cm³/mol. The molecule has 0 heterocycles. The molecule has 92 valence electrons. The molecular formula is C13H17NO3. The zero-order valence-corrected chi connectivity index (χ0v) is 9.93. The van der Waals surface area contributed by atoms with Crippen LogP contribution in [-0.4, -0.2) is 42.7 Å². The molecule has 0 saturated carbocycles. The highest BCUT2D eigenvalue weighted by atomic mass is 16.5. The second-order valence-corrected chi connectivity index (χ2v) is 3.57. The van der Waals surface area contributed by atoms with Crippen LogP contribution in [0.15, 0.2) is 36.9 Å². The molecule has 4 nitrogen and oxygen atoms in total. The van der Waals surface area contributed by atoms with Crippen LogP contribution in [0.5, 0.6) is 5.75 Å². The number of rotatable bonds is 6. The minimum absolute atomic E-state index is 0.0389. The van der Waals surface area contributed by atoms with Gasteiger partial charge in [-0.2, -0.15) is 0 Å². The highest BCUT2D eigenvalue weighted by Gasteiger charge is 2.10. The van der Waals surface area contributed by atoms with Crippen molar-refractivity contribution in [1.82, 2.24) is 4.90 Å². The molecule has 17 heavy (non-hydrogen) atoms. The smallest absolute Gasteiger partial charge is 0.253 e. The van der Waals surface area contributed by atoms with E-state index in [-0.39, 0.29) is 12.5 Å². The number of hydrogen-bond donors (Lipinski definition) is 1. The molecule has 0 aromatic heterocycles. The maximum absolute atomic E-state index is 11.8. The number of nitrogens with zero attached hydrogens (tertiary/aromatic N) is 1. The van der Waals surface area contributed by atoms with Gasteiger partial charge in [-0.15, -0.1) is 0 Å². The van der Waals surface area contributed by atoms with E-state index in [4.69, 9.17) is 9.84 Å². The van der Waals surface area contributed by atoms with E-state index in [1.165, 1.54) is 4.90 Å². The third-order valence-corrected chi connectivity index (χ3v) is 2.25. The number of benzene rings is 1. The zero-order valence-electron chi connectivity index (χ0n) is 9.93. The number of amides is 1. The van der Waals surface area contributed by atoms with Gasteiger partial charge in [0.05, 0.1) is 6.61 Å². The van der Waals surface area contributed by atoms with Crippen molar-refractivity contribution in [2.24, 2.45) is 0 Å². The van der Waals surface area contributed by atoms with Crippen molar-refractivity contribution >= 4 is 5.91 Å². The van der Waals surface area contributed by atoms with Crippen LogP contribution in [0.2, 0.25) is 0 Å². The van der Waals surface area contributed by atoms with Crippen LogP contribution >= 0.6 is 0 Å². The number of carbonyl (C=O) groups is 1. The second kappa shape index (κ2) is 6.70. The molecular weight excluding hydrogens is 218 g/mol. The van der Waals surface area contributed by atoms with Crippen molar-refractivity contribution in [2.75, 3.05) is 26.8 Å². The van der Waals surface area contributed by atoms with Gasteiger partial charge in [0.25, 0.3) is 5.91 Å². The van der Waals surface area contributed by atoms with E-state index in [9.17, 15) is 4.79 Å². The fourth-order valence-electron chi connectivity index (χ4n) is 1.32. The molecule has 0 aliphatic carbocycles. The molecule has 0 aliphatic rings. The SMILES string of the molecule is C=CCOc1ccc(C(=O)N(C)CCO)cc1. The van der Waals surface area contributed by atoms with Crippen molar-refractivity contribution in [3.63, 3.8) is 0 Å². The number of aliphatic hydroxyl groups excluding tert-OH is 1. The molecule has 0 atom stereocenters. The second-order valence-electron chi connectivity index (χ2n) is 3.57. The van der Waals surface area contributed by atoms with Gasteiger partial charge in [0, 0.05) is 19.2 Å². The van der Waals surface area contributed by atoms with E-state index in [0.29, 0.717) is 24.5 Å². The summed E-state index contributed by atoms with van der Waals surface area (Å²) in [6.07, 6.45) is 1.66. The van der Waals surface area contributed by atoms with E-state index in [2.05, 4.69) is 6.58 Å². The Bertz CT molecular complexity index is 373. The van der Waals surface area contributed by atoms with E-state index in [0.717, 1.165) is 0 Å². The summed E-state index contributed by atoms with van der Waals surface area (Å²) in [5.74, 6) is 0.584. The van der Waals surface area contributed by atoms with Gasteiger partial charge in [-0.25, -0.2) is 0 Å².